The van der Waals surface area contributed by atoms with Crippen LogP contribution in [-0.2, 0) is 16.6 Å². The Morgan fingerprint density at radius 3 is 2.19 bits per heavy atom. The Morgan fingerprint density at radius 1 is 1.14 bits per heavy atom. The highest BCUT2D eigenvalue weighted by molar-refractivity contribution is 7.89. The number of rotatable bonds is 9. The summed E-state index contributed by atoms with van der Waals surface area (Å²) in [5, 5.41) is 0. The molecule has 6 heteroatoms. The van der Waals surface area contributed by atoms with E-state index in [2.05, 4.69) is 0 Å². The van der Waals surface area contributed by atoms with Gasteiger partial charge in [-0.3, -0.25) is 0 Å². The minimum absolute atomic E-state index is 0.00259. The fraction of sp³-hybridized carbons (Fsp3) is 0.600. The molecule has 0 saturated carbocycles. The Morgan fingerprint density at radius 2 is 1.71 bits per heavy atom. The molecular formula is C15H25FN2O2S. The standard InChI is InChI=1S/C15H25FN2O2S/c1-3-5-10-18(11-6-4-2)21(19,20)15-9-7-8-14(16)13(15)12-17/h7-9H,3-6,10-12,17H2,1-2H3. The summed E-state index contributed by atoms with van der Waals surface area (Å²) >= 11 is 0. The van der Waals surface area contributed by atoms with Crippen LogP contribution in [-0.4, -0.2) is 25.8 Å². The predicted molar refractivity (Wildman–Crippen MR) is 82.9 cm³/mol. The molecular weight excluding hydrogens is 291 g/mol. The number of hydrogen-bond donors (Lipinski definition) is 1. The van der Waals surface area contributed by atoms with Gasteiger partial charge in [-0.25, -0.2) is 12.8 Å². The summed E-state index contributed by atoms with van der Waals surface area (Å²) in [5.41, 5.74) is 5.59. The molecule has 21 heavy (non-hydrogen) atoms. The molecule has 0 saturated heterocycles. The van der Waals surface area contributed by atoms with Crippen LogP contribution in [0.25, 0.3) is 0 Å². The first-order valence-electron chi connectivity index (χ1n) is 7.46. The van der Waals surface area contributed by atoms with Crippen molar-refractivity contribution < 1.29 is 12.8 Å². The predicted octanol–water partition coefficient (Wildman–Crippen LogP) is 2.88. The van der Waals surface area contributed by atoms with Crippen molar-refractivity contribution in [3.05, 3.63) is 29.6 Å². The lowest BCUT2D eigenvalue weighted by atomic mass is 10.2. The van der Waals surface area contributed by atoms with Crippen LogP contribution < -0.4 is 5.73 Å². The first-order valence-corrected chi connectivity index (χ1v) is 8.90. The van der Waals surface area contributed by atoms with Crippen molar-refractivity contribution in [2.45, 2.75) is 51.0 Å². The number of unbranched alkanes of at least 4 members (excludes halogenated alkanes) is 2. The number of nitrogens with zero attached hydrogens (tertiary/aromatic N) is 1. The Labute approximate surface area is 127 Å². The molecule has 0 atom stereocenters. The fourth-order valence-electron chi connectivity index (χ4n) is 2.14. The van der Waals surface area contributed by atoms with Crippen molar-refractivity contribution in [3.8, 4) is 0 Å². The van der Waals surface area contributed by atoms with E-state index in [0.29, 0.717) is 13.1 Å². The summed E-state index contributed by atoms with van der Waals surface area (Å²) in [4.78, 5) is -0.00259. The molecule has 0 unspecified atom stereocenters. The van der Waals surface area contributed by atoms with Crippen molar-refractivity contribution in [2.24, 2.45) is 5.73 Å². The van der Waals surface area contributed by atoms with Gasteiger partial charge in [-0.05, 0) is 25.0 Å². The van der Waals surface area contributed by atoms with Crippen LogP contribution in [0.4, 0.5) is 4.39 Å². The second kappa shape index (κ2) is 8.46. The second-order valence-corrected chi connectivity index (χ2v) is 6.94. The topological polar surface area (TPSA) is 63.4 Å². The Hall–Kier alpha value is -0.980. The van der Waals surface area contributed by atoms with Crippen molar-refractivity contribution >= 4 is 10.0 Å². The van der Waals surface area contributed by atoms with Gasteiger partial charge in [-0.15, -0.1) is 0 Å². The average molecular weight is 316 g/mol. The highest BCUT2D eigenvalue weighted by atomic mass is 32.2. The lowest BCUT2D eigenvalue weighted by Gasteiger charge is -2.23. The third-order valence-electron chi connectivity index (χ3n) is 3.42. The molecule has 0 aliphatic rings. The molecule has 0 bridgehead atoms. The second-order valence-electron chi connectivity index (χ2n) is 5.03. The van der Waals surface area contributed by atoms with E-state index in [4.69, 9.17) is 5.73 Å². The van der Waals surface area contributed by atoms with Crippen molar-refractivity contribution in [3.63, 3.8) is 0 Å². The summed E-state index contributed by atoms with van der Waals surface area (Å²) < 4.78 is 40.8. The maximum Gasteiger partial charge on any atom is 0.243 e. The number of nitrogens with two attached hydrogens (primary N) is 1. The van der Waals surface area contributed by atoms with Gasteiger partial charge in [-0.1, -0.05) is 32.8 Å². The smallest absolute Gasteiger partial charge is 0.243 e. The van der Waals surface area contributed by atoms with Crippen LogP contribution in [0.1, 0.15) is 45.1 Å². The maximum atomic E-state index is 13.8. The van der Waals surface area contributed by atoms with Gasteiger partial charge in [0.05, 0.1) is 4.90 Å². The van der Waals surface area contributed by atoms with E-state index in [0.717, 1.165) is 25.7 Å². The van der Waals surface area contributed by atoms with Crippen LogP contribution >= 0.6 is 0 Å². The van der Waals surface area contributed by atoms with Gasteiger partial charge >= 0.3 is 0 Å². The highest BCUT2D eigenvalue weighted by Gasteiger charge is 2.27. The summed E-state index contributed by atoms with van der Waals surface area (Å²) in [6.45, 7) is 4.81. The summed E-state index contributed by atoms with van der Waals surface area (Å²) in [5.74, 6) is -0.565. The number of benzene rings is 1. The zero-order valence-electron chi connectivity index (χ0n) is 12.8. The average Bonchev–Trinajstić information content (AvgIpc) is 2.46. The normalized spacial score (nSPS) is 12.0. The molecule has 1 aromatic carbocycles. The van der Waals surface area contributed by atoms with Gasteiger partial charge in [0.1, 0.15) is 5.82 Å². The highest BCUT2D eigenvalue weighted by Crippen LogP contribution is 2.23. The van der Waals surface area contributed by atoms with Crippen LogP contribution in [0.3, 0.4) is 0 Å². The molecule has 0 fully saturated rings. The molecule has 120 valence electrons. The fourth-order valence-corrected chi connectivity index (χ4v) is 3.90. The van der Waals surface area contributed by atoms with E-state index in [9.17, 15) is 12.8 Å². The molecule has 0 heterocycles. The van der Waals surface area contributed by atoms with E-state index in [1.165, 1.54) is 22.5 Å². The van der Waals surface area contributed by atoms with Gasteiger partial charge in [0.25, 0.3) is 0 Å². The van der Waals surface area contributed by atoms with Gasteiger partial charge in [0.15, 0.2) is 0 Å². The number of hydrogen-bond acceptors (Lipinski definition) is 3. The number of sulfonamides is 1. The molecule has 0 radical (unpaired) electrons. The third-order valence-corrected chi connectivity index (χ3v) is 5.40. The molecule has 4 nitrogen and oxygen atoms in total. The zero-order valence-corrected chi connectivity index (χ0v) is 13.6. The van der Waals surface area contributed by atoms with Crippen molar-refractivity contribution in [2.75, 3.05) is 13.1 Å². The molecule has 0 amide bonds. The zero-order chi connectivity index (χ0) is 15.9. The molecule has 2 N–H and O–H groups in total. The maximum absolute atomic E-state index is 13.8. The molecule has 0 aromatic heterocycles. The van der Waals surface area contributed by atoms with Crippen LogP contribution in [0, 0.1) is 5.82 Å². The molecule has 1 aromatic rings. The van der Waals surface area contributed by atoms with Crippen LogP contribution in [0.15, 0.2) is 23.1 Å². The SMILES string of the molecule is CCCCN(CCCC)S(=O)(=O)c1cccc(F)c1CN. The molecule has 0 spiro atoms. The first-order chi connectivity index (χ1) is 9.98. The van der Waals surface area contributed by atoms with Gasteiger partial charge in [0, 0.05) is 25.2 Å². The first kappa shape index (κ1) is 18.1. The van der Waals surface area contributed by atoms with Gasteiger partial charge in [0.2, 0.25) is 10.0 Å². The number of halogens is 1. The van der Waals surface area contributed by atoms with E-state index < -0.39 is 15.8 Å². The third kappa shape index (κ3) is 4.49. The van der Waals surface area contributed by atoms with E-state index >= 15 is 0 Å². The Kier molecular flexibility index (Phi) is 7.28. The van der Waals surface area contributed by atoms with Crippen molar-refractivity contribution in [1.82, 2.24) is 4.31 Å². The minimum atomic E-state index is -3.70. The quantitative estimate of drug-likeness (QED) is 0.762. The monoisotopic (exact) mass is 316 g/mol. The van der Waals surface area contributed by atoms with Crippen LogP contribution in [0.2, 0.25) is 0 Å². The van der Waals surface area contributed by atoms with Gasteiger partial charge < -0.3 is 5.73 Å². The lowest BCUT2D eigenvalue weighted by Crippen LogP contribution is -2.34. The van der Waals surface area contributed by atoms with Crippen LogP contribution in [0.5, 0.6) is 0 Å². The lowest BCUT2D eigenvalue weighted by molar-refractivity contribution is 0.394. The summed E-state index contributed by atoms with van der Waals surface area (Å²) in [6.07, 6.45) is 3.39. The molecule has 1 rings (SSSR count). The molecule has 0 aliphatic heterocycles. The van der Waals surface area contributed by atoms with E-state index in [1.54, 1.807) is 0 Å². The van der Waals surface area contributed by atoms with E-state index in [-0.39, 0.29) is 17.0 Å². The largest absolute Gasteiger partial charge is 0.326 e. The minimum Gasteiger partial charge on any atom is -0.326 e. The summed E-state index contributed by atoms with van der Waals surface area (Å²) in [6, 6.07) is 4.09. The molecule has 0 aliphatic carbocycles. The Bertz CT molecular complexity index is 539. The summed E-state index contributed by atoms with van der Waals surface area (Å²) in [7, 11) is -3.70. The Balaban J connectivity index is 3.18. The van der Waals surface area contributed by atoms with E-state index in [1.807, 2.05) is 13.8 Å². The van der Waals surface area contributed by atoms with Crippen molar-refractivity contribution in [1.29, 1.82) is 0 Å². The van der Waals surface area contributed by atoms with Gasteiger partial charge in [-0.2, -0.15) is 4.31 Å².